The molecule has 0 aliphatic carbocycles. The number of nitrogen functional groups attached to an aromatic ring is 1. The average molecular weight is 209 g/mol. The molecular formula is C9H15N5O. The lowest BCUT2D eigenvalue weighted by molar-refractivity contribution is -0.116. The van der Waals surface area contributed by atoms with Crippen LogP contribution in [-0.4, -0.2) is 28.5 Å². The van der Waals surface area contributed by atoms with Crippen LogP contribution in [0.1, 0.15) is 13.8 Å². The predicted molar refractivity (Wildman–Crippen MR) is 58.1 cm³/mol. The Morgan fingerprint density at radius 1 is 1.47 bits per heavy atom. The van der Waals surface area contributed by atoms with Gasteiger partial charge in [-0.2, -0.15) is 0 Å². The predicted octanol–water partition coefficient (Wildman–Crippen LogP) is -0.241. The molecule has 1 amide bonds. The van der Waals surface area contributed by atoms with E-state index in [1.54, 1.807) is 4.90 Å². The maximum Gasteiger partial charge on any atom is 0.237 e. The third-order valence-electron chi connectivity index (χ3n) is 1.86. The molecule has 6 nitrogen and oxygen atoms in total. The van der Waals surface area contributed by atoms with Crippen LogP contribution in [0.4, 0.5) is 11.6 Å². The highest BCUT2D eigenvalue weighted by atomic mass is 16.1. The van der Waals surface area contributed by atoms with Gasteiger partial charge in [0.25, 0.3) is 0 Å². The summed E-state index contributed by atoms with van der Waals surface area (Å²) in [5, 5.41) is 0. The SMILES string of the molecule is CC(C)N(CC(N)=O)c1ncc(N)cn1. The van der Waals surface area contributed by atoms with Crippen LogP contribution < -0.4 is 16.4 Å². The van der Waals surface area contributed by atoms with Gasteiger partial charge in [-0.25, -0.2) is 9.97 Å². The summed E-state index contributed by atoms with van der Waals surface area (Å²) in [7, 11) is 0. The molecule has 0 spiro atoms. The van der Waals surface area contributed by atoms with Crippen LogP contribution in [0.25, 0.3) is 0 Å². The Hall–Kier alpha value is -1.85. The van der Waals surface area contributed by atoms with E-state index in [-0.39, 0.29) is 12.6 Å². The normalized spacial score (nSPS) is 10.3. The van der Waals surface area contributed by atoms with Crippen LogP contribution in [0.5, 0.6) is 0 Å². The second kappa shape index (κ2) is 4.59. The van der Waals surface area contributed by atoms with Crippen molar-refractivity contribution in [1.29, 1.82) is 0 Å². The summed E-state index contributed by atoms with van der Waals surface area (Å²) in [6.45, 7) is 3.97. The molecule has 1 aromatic heterocycles. The average Bonchev–Trinajstić information content (AvgIpc) is 2.15. The lowest BCUT2D eigenvalue weighted by Gasteiger charge is -2.24. The molecule has 1 rings (SSSR count). The van der Waals surface area contributed by atoms with E-state index in [0.717, 1.165) is 0 Å². The van der Waals surface area contributed by atoms with Crippen molar-refractivity contribution in [2.45, 2.75) is 19.9 Å². The third kappa shape index (κ3) is 3.08. The molecule has 1 heterocycles. The zero-order valence-corrected chi connectivity index (χ0v) is 8.84. The maximum atomic E-state index is 10.9. The van der Waals surface area contributed by atoms with Crippen molar-refractivity contribution in [3.05, 3.63) is 12.4 Å². The van der Waals surface area contributed by atoms with E-state index < -0.39 is 5.91 Å². The topological polar surface area (TPSA) is 98.1 Å². The fraction of sp³-hybridized carbons (Fsp3) is 0.444. The van der Waals surface area contributed by atoms with Crippen molar-refractivity contribution in [2.75, 3.05) is 17.2 Å². The van der Waals surface area contributed by atoms with Crippen LogP contribution in [0.2, 0.25) is 0 Å². The van der Waals surface area contributed by atoms with Gasteiger partial charge in [-0.3, -0.25) is 4.79 Å². The molecule has 4 N–H and O–H groups in total. The number of nitrogens with zero attached hydrogens (tertiary/aromatic N) is 3. The first-order valence-corrected chi connectivity index (χ1v) is 4.63. The largest absolute Gasteiger partial charge is 0.396 e. The zero-order valence-electron chi connectivity index (χ0n) is 8.84. The van der Waals surface area contributed by atoms with Crippen molar-refractivity contribution in [2.24, 2.45) is 5.73 Å². The standard InChI is InChI=1S/C9H15N5O/c1-6(2)14(5-8(11)15)9-12-3-7(10)4-13-9/h3-4,6H,5,10H2,1-2H3,(H2,11,15). The highest BCUT2D eigenvalue weighted by molar-refractivity contribution is 5.79. The van der Waals surface area contributed by atoms with Gasteiger partial charge < -0.3 is 16.4 Å². The van der Waals surface area contributed by atoms with Crippen LogP contribution in [0.3, 0.4) is 0 Å². The highest BCUT2D eigenvalue weighted by Crippen LogP contribution is 2.10. The molecule has 0 aliphatic heterocycles. The number of anilines is 2. The fourth-order valence-electron chi connectivity index (χ4n) is 1.13. The van der Waals surface area contributed by atoms with Crippen molar-refractivity contribution in [3.8, 4) is 0 Å². The first-order chi connectivity index (χ1) is 7.00. The molecule has 82 valence electrons. The fourth-order valence-corrected chi connectivity index (χ4v) is 1.13. The number of hydrogen-bond donors (Lipinski definition) is 2. The molecular weight excluding hydrogens is 194 g/mol. The minimum absolute atomic E-state index is 0.0983. The highest BCUT2D eigenvalue weighted by Gasteiger charge is 2.15. The monoisotopic (exact) mass is 209 g/mol. The molecule has 0 aromatic carbocycles. The molecule has 0 saturated heterocycles. The van der Waals surface area contributed by atoms with Gasteiger partial charge in [0.1, 0.15) is 0 Å². The maximum absolute atomic E-state index is 10.9. The van der Waals surface area contributed by atoms with E-state index in [4.69, 9.17) is 11.5 Å². The van der Waals surface area contributed by atoms with Gasteiger partial charge >= 0.3 is 0 Å². The van der Waals surface area contributed by atoms with Gasteiger partial charge in [0.05, 0.1) is 24.6 Å². The van der Waals surface area contributed by atoms with Gasteiger partial charge in [-0.1, -0.05) is 0 Å². The molecule has 0 unspecified atom stereocenters. The van der Waals surface area contributed by atoms with E-state index in [9.17, 15) is 4.79 Å². The van der Waals surface area contributed by atoms with Gasteiger partial charge in [-0.05, 0) is 13.8 Å². The first-order valence-electron chi connectivity index (χ1n) is 4.63. The lowest BCUT2D eigenvalue weighted by Crippen LogP contribution is -2.39. The second-order valence-electron chi connectivity index (χ2n) is 3.50. The van der Waals surface area contributed by atoms with Crippen LogP contribution in [0, 0.1) is 0 Å². The van der Waals surface area contributed by atoms with Crippen molar-refractivity contribution in [1.82, 2.24) is 9.97 Å². The van der Waals surface area contributed by atoms with E-state index in [1.807, 2.05) is 13.8 Å². The number of amides is 1. The number of rotatable bonds is 4. The quantitative estimate of drug-likeness (QED) is 0.713. The Balaban J connectivity index is 2.88. The third-order valence-corrected chi connectivity index (χ3v) is 1.86. The second-order valence-corrected chi connectivity index (χ2v) is 3.50. The Labute approximate surface area is 88.3 Å². The van der Waals surface area contributed by atoms with Gasteiger partial charge in [0, 0.05) is 6.04 Å². The van der Waals surface area contributed by atoms with Crippen LogP contribution in [-0.2, 0) is 4.79 Å². The van der Waals surface area contributed by atoms with Crippen molar-refractivity contribution >= 4 is 17.5 Å². The van der Waals surface area contributed by atoms with Crippen LogP contribution in [0.15, 0.2) is 12.4 Å². The first kappa shape index (κ1) is 11.2. The number of primary amides is 1. The molecule has 6 heteroatoms. The van der Waals surface area contributed by atoms with E-state index in [1.165, 1.54) is 12.4 Å². The molecule has 0 bridgehead atoms. The number of hydrogen-bond acceptors (Lipinski definition) is 5. The molecule has 0 atom stereocenters. The van der Waals surface area contributed by atoms with Crippen molar-refractivity contribution in [3.63, 3.8) is 0 Å². The summed E-state index contributed by atoms with van der Waals surface area (Å²) in [6, 6.07) is 0.0983. The van der Waals surface area contributed by atoms with Gasteiger partial charge in [0.15, 0.2) is 0 Å². The van der Waals surface area contributed by atoms with Gasteiger partial charge in [0.2, 0.25) is 11.9 Å². The number of aromatic nitrogens is 2. The summed E-state index contributed by atoms with van der Waals surface area (Å²) in [6.07, 6.45) is 3.00. The molecule has 0 aliphatic rings. The summed E-state index contributed by atoms with van der Waals surface area (Å²) < 4.78 is 0. The van der Waals surface area contributed by atoms with Gasteiger partial charge in [-0.15, -0.1) is 0 Å². The molecule has 0 saturated carbocycles. The Bertz CT molecular complexity index is 335. The summed E-state index contributed by atoms with van der Waals surface area (Å²) in [4.78, 5) is 20.6. The minimum atomic E-state index is -0.413. The van der Waals surface area contributed by atoms with Crippen LogP contribution >= 0.6 is 0 Å². The van der Waals surface area contributed by atoms with E-state index >= 15 is 0 Å². The van der Waals surface area contributed by atoms with E-state index in [0.29, 0.717) is 11.6 Å². The van der Waals surface area contributed by atoms with Crippen molar-refractivity contribution < 1.29 is 4.79 Å². The summed E-state index contributed by atoms with van der Waals surface area (Å²) >= 11 is 0. The number of nitrogens with two attached hydrogens (primary N) is 2. The molecule has 15 heavy (non-hydrogen) atoms. The Kier molecular flexibility index (Phi) is 3.43. The smallest absolute Gasteiger partial charge is 0.237 e. The molecule has 0 fully saturated rings. The number of carbonyl (C=O) groups is 1. The Morgan fingerprint density at radius 3 is 2.40 bits per heavy atom. The minimum Gasteiger partial charge on any atom is -0.396 e. The zero-order chi connectivity index (χ0) is 11.4. The summed E-state index contributed by atoms with van der Waals surface area (Å²) in [5.41, 5.74) is 11.1. The lowest BCUT2D eigenvalue weighted by atomic mass is 10.3. The molecule has 1 aromatic rings. The summed E-state index contributed by atoms with van der Waals surface area (Å²) in [5.74, 6) is 0.0436. The van der Waals surface area contributed by atoms with E-state index in [2.05, 4.69) is 9.97 Å². The molecule has 0 radical (unpaired) electrons. The Morgan fingerprint density at radius 2 is 2.00 bits per heavy atom. The number of carbonyl (C=O) groups excluding carboxylic acids is 1.